The molecule has 0 saturated carbocycles. The Bertz CT molecular complexity index is 1270. The monoisotopic (exact) mass is 496 g/mol. The summed E-state index contributed by atoms with van der Waals surface area (Å²) in [5.41, 5.74) is 0.644. The third-order valence-corrected chi connectivity index (χ3v) is 6.26. The number of carbonyl (C=O) groups is 2. The minimum absolute atomic E-state index is 0.0552. The van der Waals surface area contributed by atoms with E-state index >= 15 is 0 Å². The largest absolute Gasteiger partial charge is 0.493 e. The van der Waals surface area contributed by atoms with Crippen molar-refractivity contribution in [3.05, 3.63) is 48.4 Å². The number of hydrogen-bond acceptors (Lipinski definition) is 7. The lowest BCUT2D eigenvalue weighted by Crippen LogP contribution is -2.38. The summed E-state index contributed by atoms with van der Waals surface area (Å²) in [5, 5.41) is 5.65. The third-order valence-electron chi connectivity index (χ3n) is 6.26. The van der Waals surface area contributed by atoms with Gasteiger partial charge in [0.05, 0.1) is 14.2 Å². The first-order valence-corrected chi connectivity index (χ1v) is 11.7. The summed E-state index contributed by atoms with van der Waals surface area (Å²) in [6.07, 6.45) is 4.53. The van der Waals surface area contributed by atoms with E-state index in [1.165, 1.54) is 32.5 Å². The Labute approximate surface area is 208 Å². The highest BCUT2D eigenvalue weighted by Gasteiger charge is 2.21. The molecule has 36 heavy (non-hydrogen) atoms. The second-order valence-corrected chi connectivity index (χ2v) is 8.53. The first-order valence-electron chi connectivity index (χ1n) is 11.7. The Balaban J connectivity index is 1.40. The van der Waals surface area contributed by atoms with Crippen molar-refractivity contribution in [1.82, 2.24) is 15.2 Å². The standard InChI is InChI=1S/C26H29FN4O5/c1-31-14-4-5-17(31)10-12-29-25(32)26(33)30-16-6-8-21(19(27)15-16)36-20-11-13-28-23-18(20)7-9-22(34-2)24(23)35-3/h6-9,11,13,15,17H,4-5,10,12,14H2,1-3H3,(H,29,32)(H,30,33). The number of methoxy groups -OCH3 is 2. The van der Waals surface area contributed by atoms with Crippen LogP contribution >= 0.6 is 0 Å². The Morgan fingerprint density at radius 3 is 2.58 bits per heavy atom. The number of ether oxygens (including phenoxy) is 3. The molecule has 3 aromatic rings. The van der Waals surface area contributed by atoms with Gasteiger partial charge < -0.3 is 29.7 Å². The van der Waals surface area contributed by atoms with E-state index < -0.39 is 17.6 Å². The number of rotatable bonds is 8. The second kappa shape index (κ2) is 11.2. The van der Waals surface area contributed by atoms with Crippen molar-refractivity contribution < 1.29 is 28.2 Å². The number of aromatic nitrogens is 1. The maximum atomic E-state index is 14.8. The summed E-state index contributed by atoms with van der Waals surface area (Å²) in [6, 6.07) is 9.42. The zero-order valence-corrected chi connectivity index (χ0v) is 20.5. The fourth-order valence-corrected chi connectivity index (χ4v) is 4.34. The lowest BCUT2D eigenvalue weighted by Gasteiger charge is -2.19. The molecule has 10 heteroatoms. The van der Waals surface area contributed by atoms with E-state index in [0.29, 0.717) is 40.7 Å². The van der Waals surface area contributed by atoms with E-state index in [9.17, 15) is 14.0 Å². The molecule has 0 aliphatic carbocycles. The van der Waals surface area contributed by atoms with Crippen LogP contribution in [0.1, 0.15) is 19.3 Å². The first kappa shape index (κ1) is 25.2. The molecule has 1 fully saturated rings. The lowest BCUT2D eigenvalue weighted by atomic mass is 10.1. The summed E-state index contributed by atoms with van der Waals surface area (Å²) in [7, 11) is 5.09. The van der Waals surface area contributed by atoms with Gasteiger partial charge in [0.2, 0.25) is 0 Å². The van der Waals surface area contributed by atoms with Gasteiger partial charge in [-0.15, -0.1) is 0 Å². The topological polar surface area (TPSA) is 102 Å². The average molecular weight is 497 g/mol. The maximum absolute atomic E-state index is 14.8. The van der Waals surface area contributed by atoms with Gasteiger partial charge in [-0.05, 0) is 63.2 Å². The van der Waals surface area contributed by atoms with Crippen molar-refractivity contribution in [2.24, 2.45) is 0 Å². The molecule has 0 spiro atoms. The number of amides is 2. The lowest BCUT2D eigenvalue weighted by molar-refractivity contribution is -0.136. The highest BCUT2D eigenvalue weighted by atomic mass is 19.1. The molecule has 2 amide bonds. The molecule has 9 nitrogen and oxygen atoms in total. The van der Waals surface area contributed by atoms with Crippen molar-refractivity contribution in [1.29, 1.82) is 0 Å². The Hall–Kier alpha value is -3.92. The zero-order valence-electron chi connectivity index (χ0n) is 20.5. The van der Waals surface area contributed by atoms with Crippen LogP contribution in [0.25, 0.3) is 10.9 Å². The van der Waals surface area contributed by atoms with Crippen LogP contribution in [0.4, 0.5) is 10.1 Å². The zero-order chi connectivity index (χ0) is 25.7. The minimum Gasteiger partial charge on any atom is -0.493 e. The van der Waals surface area contributed by atoms with E-state index in [-0.39, 0.29) is 11.4 Å². The molecule has 1 aliphatic heterocycles. The van der Waals surface area contributed by atoms with Gasteiger partial charge in [0.1, 0.15) is 11.3 Å². The van der Waals surface area contributed by atoms with Gasteiger partial charge in [-0.3, -0.25) is 14.6 Å². The number of likely N-dealkylation sites (tertiary alicyclic amines) is 1. The van der Waals surface area contributed by atoms with Crippen LogP contribution in [0.15, 0.2) is 42.6 Å². The predicted molar refractivity (Wildman–Crippen MR) is 133 cm³/mol. The van der Waals surface area contributed by atoms with Gasteiger partial charge in [0, 0.05) is 35.9 Å². The van der Waals surface area contributed by atoms with Gasteiger partial charge in [-0.1, -0.05) is 0 Å². The molecule has 2 heterocycles. The van der Waals surface area contributed by atoms with Crippen molar-refractivity contribution in [2.45, 2.75) is 25.3 Å². The fraction of sp³-hybridized carbons (Fsp3) is 0.346. The predicted octanol–water partition coefficient (Wildman–Crippen LogP) is 3.72. The van der Waals surface area contributed by atoms with E-state index in [4.69, 9.17) is 14.2 Å². The van der Waals surface area contributed by atoms with E-state index in [0.717, 1.165) is 31.9 Å². The number of nitrogens with zero attached hydrogens (tertiary/aromatic N) is 2. The van der Waals surface area contributed by atoms with Crippen molar-refractivity contribution in [3.8, 4) is 23.0 Å². The Kier molecular flexibility index (Phi) is 7.84. The number of carbonyl (C=O) groups excluding carboxylic acids is 2. The Morgan fingerprint density at radius 1 is 1.08 bits per heavy atom. The fourth-order valence-electron chi connectivity index (χ4n) is 4.34. The molecule has 190 valence electrons. The summed E-state index contributed by atoms with van der Waals surface area (Å²) in [6.45, 7) is 1.45. The highest BCUT2D eigenvalue weighted by molar-refractivity contribution is 6.39. The smallest absolute Gasteiger partial charge is 0.313 e. The number of anilines is 1. The number of halogens is 1. The van der Waals surface area contributed by atoms with Gasteiger partial charge in [0.15, 0.2) is 23.1 Å². The normalized spacial score (nSPS) is 15.5. The number of benzene rings is 2. The van der Waals surface area contributed by atoms with E-state index in [2.05, 4.69) is 27.6 Å². The van der Waals surface area contributed by atoms with E-state index in [1.807, 2.05) is 0 Å². The molecule has 1 atom stereocenters. The van der Waals surface area contributed by atoms with Crippen molar-refractivity contribution in [3.63, 3.8) is 0 Å². The average Bonchev–Trinajstić information content (AvgIpc) is 3.29. The van der Waals surface area contributed by atoms with Gasteiger partial charge in [-0.25, -0.2) is 4.39 Å². The van der Waals surface area contributed by atoms with Crippen LogP contribution in [0.5, 0.6) is 23.0 Å². The van der Waals surface area contributed by atoms with Crippen LogP contribution in [-0.4, -0.2) is 62.1 Å². The number of hydrogen-bond donors (Lipinski definition) is 2. The molecule has 1 unspecified atom stereocenters. The summed E-state index contributed by atoms with van der Waals surface area (Å²) in [5.74, 6) is -1.07. The minimum atomic E-state index is -0.857. The van der Waals surface area contributed by atoms with Gasteiger partial charge >= 0.3 is 11.8 Å². The number of pyridine rings is 1. The maximum Gasteiger partial charge on any atom is 0.313 e. The molecule has 1 saturated heterocycles. The summed E-state index contributed by atoms with van der Waals surface area (Å²) >= 11 is 0. The molecule has 0 radical (unpaired) electrons. The number of fused-ring (bicyclic) bond motifs is 1. The second-order valence-electron chi connectivity index (χ2n) is 8.53. The first-order chi connectivity index (χ1) is 17.4. The SMILES string of the molecule is COc1ccc2c(Oc3ccc(NC(=O)C(=O)NCCC4CCCN4C)cc3F)ccnc2c1OC. The van der Waals surface area contributed by atoms with Crippen LogP contribution < -0.4 is 24.8 Å². The van der Waals surface area contributed by atoms with E-state index in [1.54, 1.807) is 18.2 Å². The third kappa shape index (κ3) is 5.49. The molecular weight excluding hydrogens is 467 g/mol. The molecule has 2 N–H and O–H groups in total. The van der Waals surface area contributed by atoms with Crippen LogP contribution in [0, 0.1) is 5.82 Å². The van der Waals surface area contributed by atoms with Crippen LogP contribution in [0.2, 0.25) is 0 Å². The molecule has 0 bridgehead atoms. The molecule has 1 aliphatic rings. The number of nitrogens with one attached hydrogen (secondary N) is 2. The van der Waals surface area contributed by atoms with Crippen LogP contribution in [0.3, 0.4) is 0 Å². The summed E-state index contributed by atoms with van der Waals surface area (Å²) in [4.78, 5) is 31.0. The molecule has 2 aromatic carbocycles. The summed E-state index contributed by atoms with van der Waals surface area (Å²) < 4.78 is 31.3. The highest BCUT2D eigenvalue weighted by Crippen LogP contribution is 2.39. The van der Waals surface area contributed by atoms with Crippen molar-refractivity contribution >= 4 is 28.4 Å². The quantitative estimate of drug-likeness (QED) is 0.458. The Morgan fingerprint density at radius 2 is 1.89 bits per heavy atom. The molecular formula is C26H29FN4O5. The van der Waals surface area contributed by atoms with Gasteiger partial charge in [0.25, 0.3) is 0 Å². The molecule has 1 aromatic heterocycles. The van der Waals surface area contributed by atoms with Crippen molar-refractivity contribution in [2.75, 3.05) is 39.7 Å². The van der Waals surface area contributed by atoms with Crippen LogP contribution in [-0.2, 0) is 9.59 Å². The molecule has 4 rings (SSSR count). The van der Waals surface area contributed by atoms with Gasteiger partial charge in [-0.2, -0.15) is 0 Å².